The normalized spacial score (nSPS) is 10.3. The average Bonchev–Trinajstić information content (AvgIpc) is 2.44. The van der Waals surface area contributed by atoms with Gasteiger partial charge in [-0.1, -0.05) is 18.2 Å². The Hall–Kier alpha value is -1.77. The molecule has 2 N–H and O–H groups in total. The lowest BCUT2D eigenvalue weighted by atomic mass is 10.2. The Morgan fingerprint density at radius 1 is 1.25 bits per heavy atom. The number of furan rings is 1. The van der Waals surface area contributed by atoms with Crippen molar-refractivity contribution in [2.45, 2.75) is 0 Å². The van der Waals surface area contributed by atoms with Crippen molar-refractivity contribution in [1.82, 2.24) is 0 Å². The minimum Gasteiger partial charge on any atom is -0.480 e. The van der Waals surface area contributed by atoms with Crippen molar-refractivity contribution in [1.29, 1.82) is 5.41 Å². The number of fused-ring (bicyclic) bond motifs is 1. The summed E-state index contributed by atoms with van der Waals surface area (Å²) in [6.07, 6.45) is 1.09. The summed E-state index contributed by atoms with van der Waals surface area (Å²) in [7, 11) is 0. The zero-order valence-electron chi connectivity index (χ0n) is 6.24. The Bertz CT molecular complexity index is 431. The van der Waals surface area contributed by atoms with Crippen LogP contribution in [0, 0.1) is 5.41 Å². The van der Waals surface area contributed by atoms with E-state index >= 15 is 0 Å². The Balaban J connectivity index is 2.91. The molecule has 0 spiro atoms. The van der Waals surface area contributed by atoms with Gasteiger partial charge in [0.2, 0.25) is 0 Å². The zero-order valence-corrected chi connectivity index (χ0v) is 6.24. The molecule has 1 aromatic heterocycles. The van der Waals surface area contributed by atoms with Crippen LogP contribution in [0.3, 0.4) is 0 Å². The summed E-state index contributed by atoms with van der Waals surface area (Å²) in [4.78, 5) is 0. The molecule has 0 amide bonds. The highest BCUT2D eigenvalue weighted by molar-refractivity contribution is 5.99. The van der Waals surface area contributed by atoms with Crippen molar-refractivity contribution >= 4 is 17.0 Å². The maximum absolute atomic E-state index is 9.25. The van der Waals surface area contributed by atoms with E-state index in [0.717, 1.165) is 11.6 Å². The van der Waals surface area contributed by atoms with Gasteiger partial charge in [-0.2, -0.15) is 0 Å². The Labute approximate surface area is 68.8 Å². The molecular weight excluding hydrogens is 154 g/mol. The average molecular weight is 161 g/mol. The molecule has 0 fully saturated rings. The number of nitrogens with one attached hydrogen (secondary N) is 1. The summed E-state index contributed by atoms with van der Waals surface area (Å²) in [5.74, 6) is 0.271. The summed E-state index contributed by atoms with van der Waals surface area (Å²) < 4.78 is 4.93. The van der Waals surface area contributed by atoms with Crippen LogP contribution in [0.15, 0.2) is 28.7 Å². The molecule has 0 bridgehead atoms. The maximum Gasteiger partial charge on any atom is 0.290 e. The van der Waals surface area contributed by atoms with E-state index in [2.05, 4.69) is 0 Å². The van der Waals surface area contributed by atoms with Crippen LogP contribution < -0.4 is 0 Å². The van der Waals surface area contributed by atoms with E-state index in [1.165, 1.54) is 0 Å². The topological polar surface area (TPSA) is 57.2 Å². The SMILES string of the molecule is N=Cc1oc(O)c2ccccc12. The first-order valence-corrected chi connectivity index (χ1v) is 3.54. The first kappa shape index (κ1) is 6.91. The summed E-state index contributed by atoms with van der Waals surface area (Å²) in [5, 5.41) is 17.7. The van der Waals surface area contributed by atoms with Gasteiger partial charge in [0.05, 0.1) is 11.6 Å². The number of benzene rings is 1. The fraction of sp³-hybridized carbons (Fsp3) is 0. The molecule has 0 unspecified atom stereocenters. The molecule has 0 saturated heterocycles. The highest BCUT2D eigenvalue weighted by atomic mass is 16.5. The van der Waals surface area contributed by atoms with Gasteiger partial charge in [-0.3, -0.25) is 0 Å². The van der Waals surface area contributed by atoms with E-state index in [0.29, 0.717) is 11.1 Å². The van der Waals surface area contributed by atoms with Crippen molar-refractivity contribution in [3.63, 3.8) is 0 Å². The first-order chi connectivity index (χ1) is 5.83. The minimum atomic E-state index is -0.121. The van der Waals surface area contributed by atoms with Crippen LogP contribution in [0.1, 0.15) is 5.76 Å². The van der Waals surface area contributed by atoms with Crippen LogP contribution in [-0.4, -0.2) is 11.3 Å². The summed E-state index contributed by atoms with van der Waals surface area (Å²) in [6, 6.07) is 7.20. The smallest absolute Gasteiger partial charge is 0.290 e. The Morgan fingerprint density at radius 3 is 2.58 bits per heavy atom. The van der Waals surface area contributed by atoms with Gasteiger partial charge in [-0.15, -0.1) is 0 Å². The van der Waals surface area contributed by atoms with Crippen molar-refractivity contribution in [2.24, 2.45) is 0 Å². The predicted octanol–water partition coefficient (Wildman–Crippen LogP) is 2.14. The van der Waals surface area contributed by atoms with Gasteiger partial charge in [-0.25, -0.2) is 0 Å². The van der Waals surface area contributed by atoms with E-state index in [1.54, 1.807) is 12.1 Å². The van der Waals surface area contributed by atoms with E-state index in [-0.39, 0.29) is 5.95 Å². The molecule has 1 aromatic carbocycles. The van der Waals surface area contributed by atoms with Crippen LogP contribution in [0.2, 0.25) is 0 Å². The van der Waals surface area contributed by atoms with E-state index in [1.807, 2.05) is 12.1 Å². The number of aromatic hydroxyl groups is 1. The van der Waals surface area contributed by atoms with E-state index in [4.69, 9.17) is 9.83 Å². The van der Waals surface area contributed by atoms with Crippen LogP contribution in [0.4, 0.5) is 0 Å². The predicted molar refractivity (Wildman–Crippen MR) is 45.8 cm³/mol. The molecule has 2 rings (SSSR count). The van der Waals surface area contributed by atoms with Gasteiger partial charge in [0, 0.05) is 5.39 Å². The van der Waals surface area contributed by atoms with Crippen molar-refractivity contribution in [3.05, 3.63) is 30.0 Å². The lowest BCUT2D eigenvalue weighted by Gasteiger charge is -1.85. The molecule has 0 aliphatic heterocycles. The third-order valence-electron chi connectivity index (χ3n) is 1.76. The second-order valence-electron chi connectivity index (χ2n) is 2.46. The molecule has 60 valence electrons. The highest BCUT2D eigenvalue weighted by Gasteiger charge is 2.08. The summed E-state index contributed by atoms with van der Waals surface area (Å²) in [6.45, 7) is 0. The quantitative estimate of drug-likeness (QED) is 0.629. The van der Waals surface area contributed by atoms with Crippen LogP contribution in [0.5, 0.6) is 5.95 Å². The lowest BCUT2D eigenvalue weighted by Crippen LogP contribution is -1.72. The molecule has 0 atom stereocenters. The monoisotopic (exact) mass is 161 g/mol. The second-order valence-corrected chi connectivity index (χ2v) is 2.46. The first-order valence-electron chi connectivity index (χ1n) is 3.54. The number of hydrogen-bond donors (Lipinski definition) is 2. The minimum absolute atomic E-state index is 0.121. The van der Waals surface area contributed by atoms with Gasteiger partial charge in [0.25, 0.3) is 5.95 Å². The molecule has 0 aliphatic carbocycles. The van der Waals surface area contributed by atoms with Crippen molar-refractivity contribution in [2.75, 3.05) is 0 Å². The van der Waals surface area contributed by atoms with Crippen LogP contribution in [0.25, 0.3) is 10.8 Å². The molecule has 0 aliphatic rings. The van der Waals surface area contributed by atoms with Gasteiger partial charge in [0.1, 0.15) is 0 Å². The number of hydrogen-bond acceptors (Lipinski definition) is 3. The fourth-order valence-electron chi connectivity index (χ4n) is 1.21. The van der Waals surface area contributed by atoms with E-state index < -0.39 is 0 Å². The highest BCUT2D eigenvalue weighted by Crippen LogP contribution is 2.29. The van der Waals surface area contributed by atoms with Crippen molar-refractivity contribution in [3.8, 4) is 5.95 Å². The Kier molecular flexibility index (Phi) is 1.37. The lowest BCUT2D eigenvalue weighted by molar-refractivity contribution is 0.336. The van der Waals surface area contributed by atoms with Gasteiger partial charge >= 0.3 is 0 Å². The molecule has 0 radical (unpaired) electrons. The molecule has 3 heteroatoms. The molecule has 3 nitrogen and oxygen atoms in total. The van der Waals surface area contributed by atoms with Gasteiger partial charge in [-0.05, 0) is 6.07 Å². The third kappa shape index (κ3) is 0.797. The molecule has 12 heavy (non-hydrogen) atoms. The largest absolute Gasteiger partial charge is 0.480 e. The fourth-order valence-corrected chi connectivity index (χ4v) is 1.21. The molecule has 2 aromatic rings. The number of rotatable bonds is 1. The van der Waals surface area contributed by atoms with E-state index in [9.17, 15) is 5.11 Å². The van der Waals surface area contributed by atoms with Crippen LogP contribution in [-0.2, 0) is 0 Å². The second kappa shape index (κ2) is 2.37. The standard InChI is InChI=1S/C9H7NO2/c10-5-8-6-3-1-2-4-7(6)9(11)12-8/h1-5,10-11H. The van der Waals surface area contributed by atoms with Crippen LogP contribution >= 0.6 is 0 Å². The van der Waals surface area contributed by atoms with Gasteiger partial charge in [0.15, 0.2) is 5.76 Å². The third-order valence-corrected chi connectivity index (χ3v) is 1.76. The molecular formula is C9H7NO2. The maximum atomic E-state index is 9.25. The molecule has 1 heterocycles. The van der Waals surface area contributed by atoms with Gasteiger partial charge < -0.3 is 14.9 Å². The summed E-state index contributed by atoms with van der Waals surface area (Å²) in [5.41, 5.74) is 0. The zero-order chi connectivity index (χ0) is 8.55. The molecule has 0 saturated carbocycles. The Morgan fingerprint density at radius 2 is 1.92 bits per heavy atom. The summed E-state index contributed by atoms with van der Waals surface area (Å²) >= 11 is 0. The van der Waals surface area contributed by atoms with Crippen molar-refractivity contribution < 1.29 is 9.52 Å².